The van der Waals surface area contributed by atoms with E-state index in [0.717, 1.165) is 49.1 Å². The van der Waals surface area contributed by atoms with Crippen LogP contribution in [0.4, 0.5) is 44.3 Å². The van der Waals surface area contributed by atoms with Gasteiger partial charge in [0, 0.05) is 13.7 Å². The molecule has 226 valence electrons. The maximum atomic E-state index is 13.6. The summed E-state index contributed by atoms with van der Waals surface area (Å²) in [4.78, 5) is 13.9. The van der Waals surface area contributed by atoms with Crippen molar-refractivity contribution in [3.05, 3.63) is 69.8 Å². The number of alkyl halides is 9. The minimum Gasteiger partial charge on any atom is -0.439 e. The lowest BCUT2D eigenvalue weighted by molar-refractivity contribution is -0.143. The van der Waals surface area contributed by atoms with Crippen molar-refractivity contribution >= 4 is 6.09 Å². The Bertz CT molecular complexity index is 1220. The molecule has 1 aliphatic heterocycles. The predicted molar refractivity (Wildman–Crippen MR) is 128 cm³/mol. The van der Waals surface area contributed by atoms with Gasteiger partial charge in [-0.05, 0) is 72.7 Å². The number of rotatable bonds is 6. The number of halogens is 9. The smallest absolute Gasteiger partial charge is 0.416 e. The van der Waals surface area contributed by atoms with Gasteiger partial charge in [0.2, 0.25) is 0 Å². The van der Waals surface area contributed by atoms with Crippen molar-refractivity contribution in [2.24, 2.45) is 5.92 Å². The predicted octanol–water partition coefficient (Wildman–Crippen LogP) is 9.09. The first-order valence-electron chi connectivity index (χ1n) is 13.0. The van der Waals surface area contributed by atoms with E-state index in [2.05, 4.69) is 0 Å². The molecule has 0 radical (unpaired) electrons. The maximum Gasteiger partial charge on any atom is 0.416 e. The second-order valence-electron chi connectivity index (χ2n) is 10.5. The summed E-state index contributed by atoms with van der Waals surface area (Å²) in [6, 6.07) is 2.93. The number of hydrogen-bond donors (Lipinski definition) is 0. The second-order valence-corrected chi connectivity index (χ2v) is 10.5. The topological polar surface area (TPSA) is 38.8 Å². The number of benzene rings is 2. The van der Waals surface area contributed by atoms with Crippen LogP contribution in [0, 0.1) is 5.92 Å². The van der Waals surface area contributed by atoms with E-state index in [9.17, 15) is 44.3 Å². The lowest BCUT2D eigenvalue weighted by atomic mass is 9.81. The summed E-state index contributed by atoms with van der Waals surface area (Å²) in [7, 11) is 1.44. The monoisotopic (exact) mass is 597 g/mol. The Hall–Kier alpha value is -2.96. The van der Waals surface area contributed by atoms with Gasteiger partial charge in [-0.2, -0.15) is 39.5 Å². The molecule has 3 atom stereocenters. The average molecular weight is 598 g/mol. The fourth-order valence-corrected chi connectivity index (χ4v) is 5.69. The third kappa shape index (κ3) is 6.76. The molecule has 0 N–H and O–H groups in total. The van der Waals surface area contributed by atoms with E-state index in [1.165, 1.54) is 20.1 Å². The molecule has 1 aliphatic carbocycles. The van der Waals surface area contributed by atoms with Crippen LogP contribution in [0.25, 0.3) is 0 Å². The van der Waals surface area contributed by atoms with Gasteiger partial charge in [0.05, 0.1) is 28.8 Å². The van der Waals surface area contributed by atoms with Crippen molar-refractivity contribution in [1.29, 1.82) is 0 Å². The maximum absolute atomic E-state index is 13.6. The van der Waals surface area contributed by atoms with Crippen LogP contribution in [0.2, 0.25) is 0 Å². The molecule has 2 aromatic carbocycles. The Balaban J connectivity index is 1.71. The summed E-state index contributed by atoms with van der Waals surface area (Å²) in [6.45, 7) is 0.929. The molecular weight excluding hydrogens is 569 g/mol. The fraction of sp³-hybridized carbons (Fsp3) is 0.536. The number of cyclic esters (lactones) is 1. The van der Waals surface area contributed by atoms with Crippen LogP contribution in [0.1, 0.15) is 84.6 Å². The molecule has 2 aromatic rings. The van der Waals surface area contributed by atoms with Crippen LogP contribution in [-0.4, -0.2) is 24.1 Å². The van der Waals surface area contributed by atoms with Gasteiger partial charge >= 0.3 is 24.6 Å². The molecule has 2 aliphatic rings. The van der Waals surface area contributed by atoms with Gasteiger partial charge in [-0.25, -0.2) is 4.79 Å². The molecule has 13 heteroatoms. The van der Waals surface area contributed by atoms with Crippen molar-refractivity contribution in [2.75, 3.05) is 7.11 Å². The molecular formula is C28H28F9NO3. The second kappa shape index (κ2) is 11.4. The molecule has 4 rings (SSSR count). The van der Waals surface area contributed by atoms with Crippen molar-refractivity contribution < 1.29 is 53.8 Å². The molecule has 0 aromatic heterocycles. The van der Waals surface area contributed by atoms with Crippen LogP contribution < -0.4 is 0 Å². The Morgan fingerprint density at radius 2 is 1.41 bits per heavy atom. The highest BCUT2D eigenvalue weighted by atomic mass is 19.4. The van der Waals surface area contributed by atoms with Crippen molar-refractivity contribution in [1.82, 2.24) is 4.90 Å². The van der Waals surface area contributed by atoms with Gasteiger partial charge in [0.25, 0.3) is 0 Å². The fourth-order valence-electron chi connectivity index (χ4n) is 5.69. The average Bonchev–Trinajstić information content (AvgIpc) is 3.17. The number of nitrogens with zero attached hydrogens (tertiary/aromatic N) is 1. The number of carbonyl (C=O) groups is 1. The Labute approximate surface area is 230 Å². The van der Waals surface area contributed by atoms with Crippen molar-refractivity contribution in [3.8, 4) is 0 Å². The number of ether oxygens (including phenoxy) is 2. The standard InChI is InChI=1S/C28H28F9NO3/c1-15-23(17-10-20(27(32,33)34)13-21(11-17)28(35,36)37)41-25(39)38(15)14-18-12-19(26(29,30)31)8-9-22(18)24(40-2)16-6-4-3-5-7-16/h8-13,15-16,23-24H,3-7,14H2,1-2H3/t15?,23-,24+/m0/s1. The van der Waals surface area contributed by atoms with E-state index >= 15 is 0 Å². The normalized spacial score (nSPS) is 21.7. The van der Waals surface area contributed by atoms with Crippen LogP contribution in [-0.2, 0) is 34.5 Å². The van der Waals surface area contributed by atoms with E-state index < -0.39 is 71.7 Å². The molecule has 0 bridgehead atoms. The molecule has 1 saturated carbocycles. The van der Waals surface area contributed by atoms with Crippen LogP contribution in [0.3, 0.4) is 0 Å². The molecule has 1 saturated heterocycles. The molecule has 41 heavy (non-hydrogen) atoms. The Kier molecular flexibility index (Phi) is 8.60. The largest absolute Gasteiger partial charge is 0.439 e. The number of amides is 1. The molecule has 0 spiro atoms. The molecule has 4 nitrogen and oxygen atoms in total. The number of methoxy groups -OCH3 is 1. The summed E-state index contributed by atoms with van der Waals surface area (Å²) in [5.74, 6) is 0.0193. The first kappa shape index (κ1) is 31.0. The summed E-state index contributed by atoms with van der Waals surface area (Å²) in [5.41, 5.74) is -4.12. The van der Waals surface area contributed by atoms with E-state index in [1.54, 1.807) is 0 Å². The van der Waals surface area contributed by atoms with Gasteiger partial charge in [0.1, 0.15) is 6.10 Å². The first-order valence-corrected chi connectivity index (χ1v) is 13.0. The van der Waals surface area contributed by atoms with Gasteiger partial charge in [0.15, 0.2) is 0 Å². The SMILES string of the molecule is CO[C@@H](c1ccc(C(F)(F)F)cc1CN1C(=O)O[C@H](c2cc(C(F)(F)F)cc(C(F)(F)F)c2)C1C)C1CCCCC1. The van der Waals surface area contributed by atoms with E-state index in [0.29, 0.717) is 17.7 Å². The zero-order valence-corrected chi connectivity index (χ0v) is 22.1. The Morgan fingerprint density at radius 3 is 1.93 bits per heavy atom. The molecule has 2 fully saturated rings. The number of carbonyl (C=O) groups excluding carboxylic acids is 1. The highest BCUT2D eigenvalue weighted by Gasteiger charge is 2.44. The van der Waals surface area contributed by atoms with Crippen LogP contribution >= 0.6 is 0 Å². The van der Waals surface area contributed by atoms with E-state index in [-0.39, 0.29) is 17.5 Å². The van der Waals surface area contributed by atoms with Crippen LogP contribution in [0.5, 0.6) is 0 Å². The summed E-state index contributed by atoms with van der Waals surface area (Å²) in [6.07, 6.45) is -13.6. The highest BCUT2D eigenvalue weighted by Crippen LogP contribution is 2.43. The van der Waals surface area contributed by atoms with E-state index in [4.69, 9.17) is 9.47 Å². The molecule has 1 unspecified atom stereocenters. The summed E-state index contributed by atoms with van der Waals surface area (Å²) < 4.78 is 132. The van der Waals surface area contributed by atoms with Gasteiger partial charge in [-0.15, -0.1) is 0 Å². The van der Waals surface area contributed by atoms with Gasteiger partial charge in [-0.3, -0.25) is 4.90 Å². The lowest BCUT2D eigenvalue weighted by Crippen LogP contribution is -2.32. The third-order valence-electron chi connectivity index (χ3n) is 7.78. The molecule has 1 heterocycles. The minimum absolute atomic E-state index is 0.0193. The van der Waals surface area contributed by atoms with Crippen molar-refractivity contribution in [2.45, 2.75) is 82.4 Å². The summed E-state index contributed by atoms with van der Waals surface area (Å²) in [5, 5.41) is 0. The van der Waals surface area contributed by atoms with Crippen molar-refractivity contribution in [3.63, 3.8) is 0 Å². The van der Waals surface area contributed by atoms with Gasteiger partial charge in [-0.1, -0.05) is 25.3 Å². The summed E-state index contributed by atoms with van der Waals surface area (Å²) >= 11 is 0. The zero-order chi connectivity index (χ0) is 30.3. The third-order valence-corrected chi connectivity index (χ3v) is 7.78. The molecule has 1 amide bonds. The lowest BCUT2D eigenvalue weighted by Gasteiger charge is -2.32. The quantitative estimate of drug-likeness (QED) is 0.312. The Morgan fingerprint density at radius 1 is 0.854 bits per heavy atom. The highest BCUT2D eigenvalue weighted by molar-refractivity contribution is 5.71. The number of hydrogen-bond acceptors (Lipinski definition) is 3. The van der Waals surface area contributed by atoms with E-state index in [1.807, 2.05) is 0 Å². The van der Waals surface area contributed by atoms with Gasteiger partial charge < -0.3 is 9.47 Å². The zero-order valence-electron chi connectivity index (χ0n) is 22.1. The minimum atomic E-state index is -5.11. The van der Waals surface area contributed by atoms with Crippen LogP contribution in [0.15, 0.2) is 36.4 Å². The first-order chi connectivity index (χ1) is 19.0.